The fraction of sp³-hybridized carbons (Fsp3) is 0.571. The normalized spacial score (nSPS) is 12.8. The molecule has 0 aliphatic rings. The molecule has 18 heavy (non-hydrogen) atoms. The Balaban J connectivity index is 3.05. The maximum atomic E-state index is 9.49. The van der Waals surface area contributed by atoms with E-state index in [9.17, 15) is 5.11 Å². The van der Waals surface area contributed by atoms with Crippen LogP contribution in [-0.2, 0) is 6.61 Å². The van der Waals surface area contributed by atoms with Crippen molar-refractivity contribution in [2.75, 3.05) is 32.1 Å². The summed E-state index contributed by atoms with van der Waals surface area (Å²) in [6.07, 6.45) is 0. The molecule has 1 N–H and O–H groups in total. The third kappa shape index (κ3) is 3.61. The number of halogens is 1. The number of likely N-dealkylation sites (N-methyl/N-ethyl adjacent to an activating group) is 2. The van der Waals surface area contributed by atoms with Crippen molar-refractivity contribution in [3.63, 3.8) is 0 Å². The van der Waals surface area contributed by atoms with Crippen LogP contribution in [0.2, 0.25) is 5.02 Å². The van der Waals surface area contributed by atoms with Gasteiger partial charge in [-0.3, -0.25) is 0 Å². The van der Waals surface area contributed by atoms with Crippen LogP contribution in [0.1, 0.15) is 19.4 Å². The monoisotopic (exact) mass is 270 g/mol. The van der Waals surface area contributed by atoms with E-state index >= 15 is 0 Å². The highest BCUT2D eigenvalue weighted by molar-refractivity contribution is 6.31. The number of hydrogen-bond acceptors (Lipinski definition) is 3. The molecule has 0 aromatic heterocycles. The second kappa shape index (κ2) is 6.98. The van der Waals surface area contributed by atoms with Gasteiger partial charge in [-0.05, 0) is 40.1 Å². The van der Waals surface area contributed by atoms with Crippen LogP contribution in [0.15, 0.2) is 18.2 Å². The SMILES string of the molecule is CCN(c1cccc(Cl)c1CO)C(C)CN(C)C. The van der Waals surface area contributed by atoms with Gasteiger partial charge in [0.15, 0.2) is 0 Å². The van der Waals surface area contributed by atoms with E-state index in [-0.39, 0.29) is 6.61 Å². The average molecular weight is 271 g/mol. The zero-order valence-electron chi connectivity index (χ0n) is 11.7. The van der Waals surface area contributed by atoms with Crippen molar-refractivity contribution in [2.24, 2.45) is 0 Å². The Kier molecular flexibility index (Phi) is 5.93. The lowest BCUT2D eigenvalue weighted by Gasteiger charge is -2.33. The topological polar surface area (TPSA) is 26.7 Å². The van der Waals surface area contributed by atoms with Crippen molar-refractivity contribution in [2.45, 2.75) is 26.5 Å². The van der Waals surface area contributed by atoms with E-state index in [1.807, 2.05) is 18.2 Å². The van der Waals surface area contributed by atoms with Gasteiger partial charge >= 0.3 is 0 Å². The van der Waals surface area contributed by atoms with Crippen molar-refractivity contribution in [3.05, 3.63) is 28.8 Å². The van der Waals surface area contributed by atoms with E-state index in [2.05, 4.69) is 37.7 Å². The van der Waals surface area contributed by atoms with E-state index in [4.69, 9.17) is 11.6 Å². The molecule has 4 heteroatoms. The average Bonchev–Trinajstić information content (AvgIpc) is 2.29. The highest BCUT2D eigenvalue weighted by Gasteiger charge is 2.17. The van der Waals surface area contributed by atoms with Crippen molar-refractivity contribution in [1.29, 1.82) is 0 Å². The number of nitrogens with zero attached hydrogens (tertiary/aromatic N) is 2. The predicted molar refractivity (Wildman–Crippen MR) is 78.4 cm³/mol. The number of aliphatic hydroxyl groups is 1. The molecule has 1 rings (SSSR count). The standard InChI is InChI=1S/C14H23ClN2O/c1-5-17(11(2)9-16(3)4)14-8-6-7-13(15)12(14)10-18/h6-8,11,18H,5,9-10H2,1-4H3. The summed E-state index contributed by atoms with van der Waals surface area (Å²) in [5, 5.41) is 10.1. The molecule has 0 bridgehead atoms. The van der Waals surface area contributed by atoms with Gasteiger partial charge < -0.3 is 14.9 Å². The van der Waals surface area contributed by atoms with Crippen molar-refractivity contribution < 1.29 is 5.11 Å². The predicted octanol–water partition coefficient (Wildman–Crippen LogP) is 2.61. The second-order valence-electron chi connectivity index (χ2n) is 4.79. The Hall–Kier alpha value is -0.770. The lowest BCUT2D eigenvalue weighted by molar-refractivity contribution is 0.281. The molecule has 1 atom stereocenters. The molecule has 0 saturated carbocycles. The Bertz CT molecular complexity index is 382. The summed E-state index contributed by atoms with van der Waals surface area (Å²) < 4.78 is 0. The van der Waals surface area contributed by atoms with Crippen LogP contribution >= 0.6 is 11.6 Å². The highest BCUT2D eigenvalue weighted by Crippen LogP contribution is 2.28. The fourth-order valence-corrected chi connectivity index (χ4v) is 2.55. The fourth-order valence-electron chi connectivity index (χ4n) is 2.32. The van der Waals surface area contributed by atoms with Gasteiger partial charge in [0.05, 0.1) is 6.61 Å². The number of aliphatic hydroxyl groups excluding tert-OH is 1. The Labute approximate surface area is 115 Å². The molecule has 0 saturated heterocycles. The van der Waals surface area contributed by atoms with Crippen molar-refractivity contribution >= 4 is 17.3 Å². The molecule has 1 unspecified atom stereocenters. The lowest BCUT2D eigenvalue weighted by Crippen LogP contribution is -2.40. The molecule has 0 amide bonds. The Morgan fingerprint density at radius 2 is 2.00 bits per heavy atom. The zero-order chi connectivity index (χ0) is 13.7. The highest BCUT2D eigenvalue weighted by atomic mass is 35.5. The van der Waals surface area contributed by atoms with Crippen molar-refractivity contribution in [1.82, 2.24) is 4.90 Å². The molecular formula is C14H23ClN2O. The van der Waals surface area contributed by atoms with E-state index in [0.717, 1.165) is 24.3 Å². The van der Waals surface area contributed by atoms with Crippen LogP contribution in [-0.4, -0.2) is 43.2 Å². The first kappa shape index (κ1) is 15.3. The third-order valence-electron chi connectivity index (χ3n) is 3.06. The summed E-state index contributed by atoms with van der Waals surface area (Å²) in [5.74, 6) is 0. The number of hydrogen-bond donors (Lipinski definition) is 1. The first-order valence-electron chi connectivity index (χ1n) is 6.30. The number of rotatable bonds is 6. The van der Waals surface area contributed by atoms with Gasteiger partial charge in [-0.1, -0.05) is 17.7 Å². The third-order valence-corrected chi connectivity index (χ3v) is 3.42. The molecule has 0 heterocycles. The molecule has 102 valence electrons. The summed E-state index contributed by atoms with van der Waals surface area (Å²) >= 11 is 6.14. The summed E-state index contributed by atoms with van der Waals surface area (Å²) in [4.78, 5) is 4.44. The number of anilines is 1. The molecule has 3 nitrogen and oxygen atoms in total. The molecule has 0 aliphatic carbocycles. The maximum absolute atomic E-state index is 9.49. The van der Waals surface area contributed by atoms with Gasteiger partial charge in [0.2, 0.25) is 0 Å². The summed E-state index contributed by atoms with van der Waals surface area (Å²) in [7, 11) is 4.13. The molecule has 0 fully saturated rings. The van der Waals surface area contributed by atoms with E-state index in [0.29, 0.717) is 11.1 Å². The molecule has 0 spiro atoms. The van der Waals surface area contributed by atoms with Gasteiger partial charge in [0.25, 0.3) is 0 Å². The van der Waals surface area contributed by atoms with Gasteiger partial charge in [-0.25, -0.2) is 0 Å². The van der Waals surface area contributed by atoms with Gasteiger partial charge in [0, 0.05) is 35.4 Å². The van der Waals surface area contributed by atoms with E-state index in [1.54, 1.807) is 0 Å². The summed E-state index contributed by atoms with van der Waals surface area (Å²) in [6, 6.07) is 6.14. The van der Waals surface area contributed by atoms with Crippen LogP contribution in [0.25, 0.3) is 0 Å². The van der Waals surface area contributed by atoms with E-state index < -0.39 is 0 Å². The Morgan fingerprint density at radius 3 is 2.50 bits per heavy atom. The smallest absolute Gasteiger partial charge is 0.0716 e. The first-order valence-corrected chi connectivity index (χ1v) is 6.68. The second-order valence-corrected chi connectivity index (χ2v) is 5.20. The lowest BCUT2D eigenvalue weighted by atomic mass is 10.1. The molecule has 1 aromatic carbocycles. The minimum atomic E-state index is -0.0276. The minimum absolute atomic E-state index is 0.0276. The van der Waals surface area contributed by atoms with Crippen molar-refractivity contribution in [3.8, 4) is 0 Å². The maximum Gasteiger partial charge on any atom is 0.0716 e. The zero-order valence-corrected chi connectivity index (χ0v) is 12.4. The van der Waals surface area contributed by atoms with Crippen LogP contribution in [0.4, 0.5) is 5.69 Å². The molecular weight excluding hydrogens is 248 g/mol. The quantitative estimate of drug-likeness (QED) is 0.861. The van der Waals surface area contributed by atoms with Crippen LogP contribution in [0, 0.1) is 0 Å². The summed E-state index contributed by atoms with van der Waals surface area (Å²) in [6.45, 7) is 6.13. The molecule has 0 aliphatic heterocycles. The molecule has 0 radical (unpaired) electrons. The van der Waals surface area contributed by atoms with Crippen LogP contribution < -0.4 is 4.90 Å². The Morgan fingerprint density at radius 1 is 1.33 bits per heavy atom. The first-order chi connectivity index (χ1) is 8.51. The van der Waals surface area contributed by atoms with Gasteiger partial charge in [-0.2, -0.15) is 0 Å². The van der Waals surface area contributed by atoms with Crippen LogP contribution in [0.3, 0.4) is 0 Å². The minimum Gasteiger partial charge on any atom is -0.392 e. The number of benzene rings is 1. The van der Waals surface area contributed by atoms with Gasteiger partial charge in [-0.15, -0.1) is 0 Å². The largest absolute Gasteiger partial charge is 0.392 e. The van der Waals surface area contributed by atoms with Gasteiger partial charge in [0.1, 0.15) is 0 Å². The summed E-state index contributed by atoms with van der Waals surface area (Å²) in [5.41, 5.74) is 1.84. The van der Waals surface area contributed by atoms with Crippen LogP contribution in [0.5, 0.6) is 0 Å². The van der Waals surface area contributed by atoms with E-state index in [1.165, 1.54) is 0 Å². The molecule has 1 aromatic rings.